The number of rotatable bonds is 4. The molecule has 2 rings (SSSR count). The van der Waals surface area contributed by atoms with E-state index >= 15 is 0 Å². The van der Waals surface area contributed by atoms with E-state index in [-0.39, 0.29) is 5.69 Å². The Labute approximate surface area is 105 Å². The van der Waals surface area contributed by atoms with Crippen molar-refractivity contribution in [3.05, 3.63) is 56.9 Å². The normalized spacial score (nSPS) is 10.2. The van der Waals surface area contributed by atoms with Crippen LogP contribution in [0.1, 0.15) is 5.56 Å². The van der Waals surface area contributed by atoms with E-state index < -0.39 is 4.92 Å². The van der Waals surface area contributed by atoms with E-state index in [1.807, 2.05) is 0 Å². The predicted molar refractivity (Wildman–Crippen MR) is 63.8 cm³/mol. The number of furan rings is 1. The van der Waals surface area contributed by atoms with Crippen molar-refractivity contribution in [3.63, 3.8) is 0 Å². The molecule has 1 aromatic carbocycles. The SMILES string of the molecule is O=[N+]([O-])c1ccc(Br)c(OCc2ccoc2)c1. The van der Waals surface area contributed by atoms with Crippen LogP contribution < -0.4 is 4.74 Å². The molecule has 6 heteroatoms. The minimum Gasteiger partial charge on any atom is -0.487 e. The van der Waals surface area contributed by atoms with Crippen LogP contribution in [0.5, 0.6) is 5.75 Å². The molecule has 0 saturated heterocycles. The first-order valence-electron chi connectivity index (χ1n) is 4.74. The van der Waals surface area contributed by atoms with Gasteiger partial charge in [-0.05, 0) is 28.1 Å². The fourth-order valence-electron chi connectivity index (χ4n) is 1.25. The molecule has 0 saturated carbocycles. The molecule has 0 radical (unpaired) electrons. The summed E-state index contributed by atoms with van der Waals surface area (Å²) in [4.78, 5) is 10.2. The first kappa shape index (κ1) is 11.7. The topological polar surface area (TPSA) is 65.5 Å². The summed E-state index contributed by atoms with van der Waals surface area (Å²) in [5.74, 6) is 0.431. The minimum absolute atomic E-state index is 0.00427. The van der Waals surface area contributed by atoms with Crippen LogP contribution in [0.2, 0.25) is 0 Å². The number of hydrogen-bond donors (Lipinski definition) is 0. The summed E-state index contributed by atoms with van der Waals surface area (Å²) in [6.45, 7) is 0.302. The number of hydrogen-bond acceptors (Lipinski definition) is 4. The highest BCUT2D eigenvalue weighted by atomic mass is 79.9. The Kier molecular flexibility index (Phi) is 3.43. The van der Waals surface area contributed by atoms with Gasteiger partial charge in [-0.3, -0.25) is 10.1 Å². The van der Waals surface area contributed by atoms with E-state index in [0.717, 1.165) is 5.56 Å². The Balaban J connectivity index is 2.14. The van der Waals surface area contributed by atoms with Gasteiger partial charge in [0.1, 0.15) is 12.4 Å². The quantitative estimate of drug-likeness (QED) is 0.639. The van der Waals surface area contributed by atoms with Gasteiger partial charge in [0.25, 0.3) is 5.69 Å². The standard InChI is InChI=1S/C11H8BrNO4/c12-10-2-1-9(13(14)15)5-11(10)17-7-8-3-4-16-6-8/h1-6H,7H2. The van der Waals surface area contributed by atoms with Crippen LogP contribution in [0.25, 0.3) is 0 Å². The van der Waals surface area contributed by atoms with E-state index in [2.05, 4.69) is 15.9 Å². The van der Waals surface area contributed by atoms with Gasteiger partial charge in [0.15, 0.2) is 0 Å². The second-order valence-electron chi connectivity index (χ2n) is 3.29. The molecular formula is C11H8BrNO4. The average molecular weight is 298 g/mol. The molecule has 1 aromatic heterocycles. The van der Waals surface area contributed by atoms with Crippen LogP contribution in [0.4, 0.5) is 5.69 Å². The fourth-order valence-corrected chi connectivity index (χ4v) is 1.61. The van der Waals surface area contributed by atoms with E-state index in [9.17, 15) is 10.1 Å². The fraction of sp³-hybridized carbons (Fsp3) is 0.0909. The van der Waals surface area contributed by atoms with Gasteiger partial charge in [0.2, 0.25) is 0 Å². The Hall–Kier alpha value is -1.82. The molecule has 0 amide bonds. The third-order valence-electron chi connectivity index (χ3n) is 2.10. The third kappa shape index (κ3) is 2.85. The molecule has 0 spiro atoms. The summed E-state index contributed by atoms with van der Waals surface area (Å²) in [5, 5.41) is 10.6. The molecule has 0 aliphatic carbocycles. The Morgan fingerprint density at radius 3 is 2.88 bits per heavy atom. The molecule has 2 aromatic rings. The van der Waals surface area contributed by atoms with Gasteiger partial charge in [-0.25, -0.2) is 0 Å². The molecule has 0 atom stereocenters. The molecule has 5 nitrogen and oxygen atoms in total. The summed E-state index contributed by atoms with van der Waals surface area (Å²) in [6, 6.07) is 6.15. The van der Waals surface area contributed by atoms with E-state index in [4.69, 9.17) is 9.15 Å². The first-order valence-corrected chi connectivity index (χ1v) is 5.54. The summed E-state index contributed by atoms with van der Waals surface area (Å²) < 4.78 is 11.0. The van der Waals surface area contributed by atoms with Crippen LogP contribution in [0.3, 0.4) is 0 Å². The highest BCUT2D eigenvalue weighted by Gasteiger charge is 2.10. The van der Waals surface area contributed by atoms with Gasteiger partial charge in [-0.1, -0.05) is 0 Å². The number of non-ortho nitro benzene ring substituents is 1. The monoisotopic (exact) mass is 297 g/mol. The van der Waals surface area contributed by atoms with Crippen molar-refractivity contribution >= 4 is 21.6 Å². The molecule has 1 heterocycles. The van der Waals surface area contributed by atoms with Gasteiger partial charge in [-0.2, -0.15) is 0 Å². The smallest absolute Gasteiger partial charge is 0.273 e. The molecule has 0 fully saturated rings. The van der Waals surface area contributed by atoms with E-state index in [0.29, 0.717) is 16.8 Å². The number of benzene rings is 1. The minimum atomic E-state index is -0.461. The zero-order chi connectivity index (χ0) is 12.3. The maximum atomic E-state index is 10.6. The molecular weight excluding hydrogens is 290 g/mol. The Morgan fingerprint density at radius 1 is 1.41 bits per heavy atom. The van der Waals surface area contributed by atoms with Crippen molar-refractivity contribution < 1.29 is 14.1 Å². The third-order valence-corrected chi connectivity index (χ3v) is 2.76. The second-order valence-corrected chi connectivity index (χ2v) is 4.15. The van der Waals surface area contributed by atoms with Crippen LogP contribution in [-0.2, 0) is 6.61 Å². The lowest BCUT2D eigenvalue weighted by Gasteiger charge is -2.06. The van der Waals surface area contributed by atoms with Crippen molar-refractivity contribution in [2.24, 2.45) is 0 Å². The summed E-state index contributed by atoms with van der Waals surface area (Å²) in [7, 11) is 0. The van der Waals surface area contributed by atoms with Crippen molar-refractivity contribution in [1.29, 1.82) is 0 Å². The summed E-state index contributed by atoms with van der Waals surface area (Å²) in [6.07, 6.45) is 3.10. The lowest BCUT2D eigenvalue weighted by atomic mass is 10.3. The van der Waals surface area contributed by atoms with Crippen LogP contribution in [0, 0.1) is 10.1 Å². The van der Waals surface area contributed by atoms with Crippen LogP contribution >= 0.6 is 15.9 Å². The molecule has 17 heavy (non-hydrogen) atoms. The van der Waals surface area contributed by atoms with Gasteiger partial charge < -0.3 is 9.15 Å². The van der Waals surface area contributed by atoms with Crippen LogP contribution in [-0.4, -0.2) is 4.92 Å². The van der Waals surface area contributed by atoms with Gasteiger partial charge in [0.05, 0.1) is 28.0 Å². The van der Waals surface area contributed by atoms with Gasteiger partial charge >= 0.3 is 0 Å². The molecule has 0 aliphatic rings. The lowest BCUT2D eigenvalue weighted by molar-refractivity contribution is -0.385. The van der Waals surface area contributed by atoms with E-state index in [1.54, 1.807) is 24.7 Å². The highest BCUT2D eigenvalue weighted by molar-refractivity contribution is 9.10. The largest absolute Gasteiger partial charge is 0.487 e. The number of nitro benzene ring substituents is 1. The highest BCUT2D eigenvalue weighted by Crippen LogP contribution is 2.29. The summed E-state index contributed by atoms with van der Waals surface area (Å²) >= 11 is 3.27. The Morgan fingerprint density at radius 2 is 2.24 bits per heavy atom. The maximum Gasteiger partial charge on any atom is 0.273 e. The van der Waals surface area contributed by atoms with Crippen molar-refractivity contribution in [3.8, 4) is 5.75 Å². The number of nitrogens with zero attached hydrogens (tertiary/aromatic N) is 1. The zero-order valence-corrected chi connectivity index (χ0v) is 10.2. The predicted octanol–water partition coefficient (Wildman–Crippen LogP) is 3.53. The first-order chi connectivity index (χ1) is 8.16. The van der Waals surface area contributed by atoms with Crippen molar-refractivity contribution in [2.45, 2.75) is 6.61 Å². The lowest BCUT2D eigenvalue weighted by Crippen LogP contribution is -1.96. The number of halogens is 1. The molecule has 0 unspecified atom stereocenters. The molecule has 0 aliphatic heterocycles. The van der Waals surface area contributed by atoms with Gasteiger partial charge in [0, 0.05) is 11.6 Å². The maximum absolute atomic E-state index is 10.6. The molecule has 0 N–H and O–H groups in total. The van der Waals surface area contributed by atoms with E-state index in [1.165, 1.54) is 12.1 Å². The van der Waals surface area contributed by atoms with Crippen molar-refractivity contribution in [2.75, 3.05) is 0 Å². The number of nitro groups is 1. The summed E-state index contributed by atoms with van der Waals surface area (Å²) in [5.41, 5.74) is 0.860. The molecule has 0 bridgehead atoms. The zero-order valence-electron chi connectivity index (χ0n) is 8.63. The second kappa shape index (κ2) is 5.01. The average Bonchev–Trinajstić information content (AvgIpc) is 2.80. The number of ether oxygens (including phenoxy) is 1. The Bertz CT molecular complexity index is 524. The van der Waals surface area contributed by atoms with Crippen LogP contribution in [0.15, 0.2) is 45.7 Å². The van der Waals surface area contributed by atoms with Crippen molar-refractivity contribution in [1.82, 2.24) is 0 Å². The van der Waals surface area contributed by atoms with Gasteiger partial charge in [-0.15, -0.1) is 0 Å². The molecule has 88 valence electrons.